The molecular formula is C17H13BrClN3O3S. The van der Waals surface area contributed by atoms with Gasteiger partial charge >= 0.3 is 0 Å². The third-order valence-corrected chi connectivity index (χ3v) is 5.91. The molecule has 1 amide bonds. The first kappa shape index (κ1) is 17.7. The fourth-order valence-corrected chi connectivity index (χ4v) is 4.52. The number of nitrogens with one attached hydrogen (secondary N) is 1. The van der Waals surface area contributed by atoms with Crippen LogP contribution in [0.3, 0.4) is 0 Å². The Labute approximate surface area is 166 Å². The lowest BCUT2D eigenvalue weighted by Crippen LogP contribution is -2.12. The van der Waals surface area contributed by atoms with E-state index < -0.39 is 0 Å². The molecular weight excluding hydrogens is 442 g/mol. The summed E-state index contributed by atoms with van der Waals surface area (Å²) < 4.78 is 11.7. The number of rotatable bonds is 3. The molecule has 9 heteroatoms. The van der Waals surface area contributed by atoms with E-state index in [2.05, 4.69) is 31.4 Å². The molecule has 1 aliphatic heterocycles. The number of halogens is 2. The molecule has 1 N–H and O–H groups in total. The highest BCUT2D eigenvalue weighted by molar-refractivity contribution is 9.10. The van der Waals surface area contributed by atoms with Gasteiger partial charge in [-0.15, -0.1) is 11.3 Å². The Bertz CT molecular complexity index is 1000. The molecule has 2 aromatic heterocycles. The van der Waals surface area contributed by atoms with Gasteiger partial charge in [0.05, 0.1) is 29.4 Å². The predicted molar refractivity (Wildman–Crippen MR) is 103 cm³/mol. The summed E-state index contributed by atoms with van der Waals surface area (Å²) in [7, 11) is 0. The summed E-state index contributed by atoms with van der Waals surface area (Å²) in [4.78, 5) is 18.2. The van der Waals surface area contributed by atoms with Crippen molar-refractivity contribution < 1.29 is 14.1 Å². The Morgan fingerprint density at radius 2 is 2.27 bits per heavy atom. The molecule has 4 rings (SSSR count). The summed E-state index contributed by atoms with van der Waals surface area (Å²) in [6.45, 7) is 2.89. The van der Waals surface area contributed by atoms with E-state index >= 15 is 0 Å². The zero-order valence-electron chi connectivity index (χ0n) is 13.6. The molecule has 0 fully saturated rings. The fourth-order valence-electron chi connectivity index (χ4n) is 2.79. The number of fused-ring (bicyclic) bond motifs is 1. The van der Waals surface area contributed by atoms with Gasteiger partial charge in [-0.1, -0.05) is 32.7 Å². The minimum absolute atomic E-state index is 0.298. The van der Waals surface area contributed by atoms with Crippen LogP contribution in [0, 0.1) is 6.92 Å². The molecule has 0 spiro atoms. The predicted octanol–water partition coefficient (Wildman–Crippen LogP) is 4.85. The van der Waals surface area contributed by atoms with Crippen molar-refractivity contribution in [2.24, 2.45) is 0 Å². The van der Waals surface area contributed by atoms with Crippen LogP contribution in [0.25, 0.3) is 11.5 Å². The highest BCUT2D eigenvalue weighted by Gasteiger charge is 2.27. The van der Waals surface area contributed by atoms with Gasteiger partial charge in [0.1, 0.15) is 5.00 Å². The second-order valence-electron chi connectivity index (χ2n) is 5.74. The molecule has 0 radical (unpaired) electrons. The molecule has 1 aliphatic rings. The number of benzene rings is 1. The number of hydrogen-bond acceptors (Lipinski definition) is 6. The lowest BCUT2D eigenvalue weighted by molar-refractivity contribution is 0.102. The Kier molecular flexibility index (Phi) is 4.83. The summed E-state index contributed by atoms with van der Waals surface area (Å²) in [5.74, 6) is 0.644. The monoisotopic (exact) mass is 453 g/mol. The highest BCUT2D eigenvalue weighted by atomic mass is 79.9. The van der Waals surface area contributed by atoms with Gasteiger partial charge in [-0.2, -0.15) is 4.98 Å². The summed E-state index contributed by atoms with van der Waals surface area (Å²) in [5, 5.41) is 7.86. The molecule has 6 nitrogen and oxygen atoms in total. The third-order valence-electron chi connectivity index (χ3n) is 3.96. The van der Waals surface area contributed by atoms with Gasteiger partial charge < -0.3 is 14.6 Å². The lowest BCUT2D eigenvalue weighted by atomic mass is 10.1. The minimum atomic E-state index is -0.298. The molecule has 134 valence electrons. The number of carbonyl (C=O) groups excluding carboxylic acids is 1. The van der Waals surface area contributed by atoms with Crippen LogP contribution in [0.15, 0.2) is 27.2 Å². The normalized spacial score (nSPS) is 13.5. The van der Waals surface area contributed by atoms with E-state index in [1.807, 2.05) is 0 Å². The van der Waals surface area contributed by atoms with Crippen LogP contribution in [-0.4, -0.2) is 22.7 Å². The van der Waals surface area contributed by atoms with E-state index in [9.17, 15) is 4.79 Å². The number of hydrogen-bond donors (Lipinski definition) is 1. The summed E-state index contributed by atoms with van der Waals surface area (Å²) >= 11 is 11.0. The van der Waals surface area contributed by atoms with Gasteiger partial charge in [0.25, 0.3) is 11.8 Å². The van der Waals surface area contributed by atoms with E-state index in [4.69, 9.17) is 20.9 Å². The fraction of sp³-hybridized carbons (Fsp3) is 0.235. The summed E-state index contributed by atoms with van der Waals surface area (Å²) in [6, 6.07) is 5.15. The molecule has 0 atom stereocenters. The molecule has 26 heavy (non-hydrogen) atoms. The number of thiophene rings is 1. The van der Waals surface area contributed by atoms with Crippen molar-refractivity contribution in [3.05, 3.63) is 49.5 Å². The Morgan fingerprint density at radius 1 is 1.42 bits per heavy atom. The van der Waals surface area contributed by atoms with Crippen molar-refractivity contribution in [3.8, 4) is 11.5 Å². The first-order valence-corrected chi connectivity index (χ1v) is 9.81. The molecule has 1 aromatic carbocycles. The van der Waals surface area contributed by atoms with E-state index in [-0.39, 0.29) is 5.91 Å². The second-order valence-corrected chi connectivity index (χ2v) is 8.16. The van der Waals surface area contributed by atoms with E-state index in [0.717, 1.165) is 26.9 Å². The number of aromatic nitrogens is 2. The van der Waals surface area contributed by atoms with Crippen LogP contribution >= 0.6 is 38.9 Å². The van der Waals surface area contributed by atoms with E-state index in [1.165, 1.54) is 11.3 Å². The number of anilines is 1. The zero-order chi connectivity index (χ0) is 18.3. The summed E-state index contributed by atoms with van der Waals surface area (Å²) in [5.41, 5.74) is 2.24. The Balaban J connectivity index is 1.75. The zero-order valence-corrected chi connectivity index (χ0v) is 16.8. The third kappa shape index (κ3) is 3.29. The van der Waals surface area contributed by atoms with Crippen LogP contribution in [0.5, 0.6) is 0 Å². The number of ether oxygens (including phenoxy) is 1. The van der Waals surface area contributed by atoms with Crippen LogP contribution in [-0.2, 0) is 17.8 Å². The van der Waals surface area contributed by atoms with E-state index in [1.54, 1.807) is 25.1 Å². The SMILES string of the molecule is Cc1noc(-c2c(NC(=O)c3cc(Br)ccc3Cl)sc3c2CCOC3)n1. The quantitative estimate of drug-likeness (QED) is 0.612. The van der Waals surface area contributed by atoms with Crippen molar-refractivity contribution >= 4 is 49.8 Å². The second kappa shape index (κ2) is 7.11. The number of carbonyl (C=O) groups is 1. The maximum atomic E-state index is 12.8. The Hall–Kier alpha value is -1.74. The molecule has 3 heterocycles. The van der Waals surface area contributed by atoms with Crippen LogP contribution in [0.1, 0.15) is 26.6 Å². The van der Waals surface area contributed by atoms with E-state index in [0.29, 0.717) is 40.5 Å². The largest absolute Gasteiger partial charge is 0.376 e. The molecule has 0 saturated heterocycles. The number of amides is 1. The number of aryl methyl sites for hydroxylation is 1. The average molecular weight is 455 g/mol. The van der Waals surface area contributed by atoms with Crippen molar-refractivity contribution in [1.29, 1.82) is 0 Å². The first-order chi connectivity index (χ1) is 12.5. The maximum absolute atomic E-state index is 12.8. The first-order valence-electron chi connectivity index (χ1n) is 7.82. The molecule has 0 unspecified atom stereocenters. The van der Waals surface area contributed by atoms with Crippen LogP contribution in [0.2, 0.25) is 5.02 Å². The molecule has 0 aliphatic carbocycles. The summed E-state index contributed by atoms with van der Waals surface area (Å²) in [6.07, 6.45) is 0.732. The van der Waals surface area contributed by atoms with Gasteiger partial charge in [0, 0.05) is 9.35 Å². The van der Waals surface area contributed by atoms with Gasteiger partial charge in [-0.05, 0) is 37.1 Å². The van der Waals surface area contributed by atoms with Crippen LogP contribution < -0.4 is 5.32 Å². The standard InChI is InChI=1S/C17H13BrClN3O3S/c1-8-20-16(25-22-8)14-10-4-5-24-7-13(10)26-17(14)21-15(23)11-6-9(18)2-3-12(11)19/h2-3,6H,4-5,7H2,1H3,(H,21,23). The number of nitrogens with zero attached hydrogens (tertiary/aromatic N) is 2. The molecule has 3 aromatic rings. The van der Waals surface area contributed by atoms with Crippen LogP contribution in [0.4, 0.5) is 5.00 Å². The minimum Gasteiger partial charge on any atom is -0.376 e. The van der Waals surface area contributed by atoms with Gasteiger partial charge in [0.2, 0.25) is 0 Å². The smallest absolute Gasteiger partial charge is 0.261 e. The van der Waals surface area contributed by atoms with Crippen molar-refractivity contribution in [3.63, 3.8) is 0 Å². The van der Waals surface area contributed by atoms with Crippen molar-refractivity contribution in [2.45, 2.75) is 20.0 Å². The topological polar surface area (TPSA) is 77.2 Å². The van der Waals surface area contributed by atoms with Crippen molar-refractivity contribution in [2.75, 3.05) is 11.9 Å². The van der Waals surface area contributed by atoms with Gasteiger partial charge in [0.15, 0.2) is 5.82 Å². The van der Waals surface area contributed by atoms with Gasteiger partial charge in [-0.3, -0.25) is 4.79 Å². The highest BCUT2D eigenvalue weighted by Crippen LogP contribution is 2.42. The maximum Gasteiger partial charge on any atom is 0.261 e. The Morgan fingerprint density at radius 3 is 3.04 bits per heavy atom. The van der Waals surface area contributed by atoms with Crippen molar-refractivity contribution in [1.82, 2.24) is 10.1 Å². The average Bonchev–Trinajstić information content (AvgIpc) is 3.19. The molecule has 0 saturated carbocycles. The molecule has 0 bridgehead atoms. The van der Waals surface area contributed by atoms with Gasteiger partial charge in [-0.25, -0.2) is 0 Å². The lowest BCUT2D eigenvalue weighted by Gasteiger charge is -2.12.